The van der Waals surface area contributed by atoms with E-state index in [1.54, 1.807) is 6.92 Å². The Bertz CT molecular complexity index is 687. The summed E-state index contributed by atoms with van der Waals surface area (Å²) in [6.45, 7) is 5.72. The zero-order valence-electron chi connectivity index (χ0n) is 11.9. The number of aromatic carboxylic acids is 1. The Kier molecular flexibility index (Phi) is 4.16. The Labute approximate surface area is 121 Å². The highest BCUT2D eigenvalue weighted by molar-refractivity contribution is 5.90. The second-order valence-electron chi connectivity index (χ2n) is 4.92. The van der Waals surface area contributed by atoms with Crippen molar-refractivity contribution in [2.24, 2.45) is 0 Å². The van der Waals surface area contributed by atoms with Crippen LogP contribution in [0.4, 0.5) is 4.39 Å². The van der Waals surface area contributed by atoms with Crippen LogP contribution in [0.2, 0.25) is 0 Å². The zero-order valence-corrected chi connectivity index (χ0v) is 11.9. The van der Waals surface area contributed by atoms with Crippen molar-refractivity contribution in [1.29, 1.82) is 0 Å². The highest BCUT2D eigenvalue weighted by Gasteiger charge is 2.15. The highest BCUT2D eigenvalue weighted by atomic mass is 19.1. The van der Waals surface area contributed by atoms with E-state index in [-0.39, 0.29) is 23.2 Å². The van der Waals surface area contributed by atoms with E-state index >= 15 is 0 Å². The zero-order chi connectivity index (χ0) is 15.6. The van der Waals surface area contributed by atoms with Crippen LogP contribution >= 0.6 is 0 Å². The first kappa shape index (κ1) is 14.9. The van der Waals surface area contributed by atoms with E-state index in [1.165, 1.54) is 0 Å². The van der Waals surface area contributed by atoms with Crippen LogP contribution in [0, 0.1) is 12.7 Å². The molecule has 0 radical (unpaired) electrons. The second kappa shape index (κ2) is 5.87. The maximum atomic E-state index is 13.3. The van der Waals surface area contributed by atoms with Crippen LogP contribution in [0.1, 0.15) is 41.5 Å². The average molecular weight is 290 g/mol. The Hall–Kier alpha value is -2.50. The number of aryl methyl sites for hydroxylation is 1. The molecule has 0 atom stereocenters. The lowest BCUT2D eigenvalue weighted by molar-refractivity contribution is 0.0694. The van der Waals surface area contributed by atoms with E-state index in [1.807, 2.05) is 19.9 Å². The van der Waals surface area contributed by atoms with Gasteiger partial charge in [0.2, 0.25) is 0 Å². The Morgan fingerprint density at radius 2 is 2.00 bits per heavy atom. The molecule has 110 valence electrons. The van der Waals surface area contributed by atoms with Gasteiger partial charge in [0.05, 0.1) is 5.69 Å². The van der Waals surface area contributed by atoms with Crippen molar-refractivity contribution in [1.82, 2.24) is 9.97 Å². The van der Waals surface area contributed by atoms with Gasteiger partial charge in [-0.15, -0.1) is 0 Å². The monoisotopic (exact) mass is 290 g/mol. The third-order valence-corrected chi connectivity index (χ3v) is 2.82. The summed E-state index contributed by atoms with van der Waals surface area (Å²) in [5, 5.41) is 9.09. The number of aromatic nitrogens is 2. The molecule has 0 saturated heterocycles. The van der Waals surface area contributed by atoms with Gasteiger partial charge in [-0.2, -0.15) is 4.98 Å². The minimum atomic E-state index is -1.21. The van der Waals surface area contributed by atoms with Gasteiger partial charge in [-0.05, 0) is 31.0 Å². The van der Waals surface area contributed by atoms with Gasteiger partial charge in [-0.1, -0.05) is 13.8 Å². The van der Waals surface area contributed by atoms with Gasteiger partial charge in [-0.3, -0.25) is 0 Å². The van der Waals surface area contributed by atoms with Gasteiger partial charge in [0.25, 0.3) is 0 Å². The molecular weight excluding hydrogens is 275 g/mol. The van der Waals surface area contributed by atoms with Crippen LogP contribution in [0.5, 0.6) is 11.8 Å². The standard InChI is InChI=1S/C15H15FN2O3/c1-8(2)12-6-9(3)17-15(18-12)21-13-7-10(16)4-5-11(13)14(19)20/h4-8H,1-3H3,(H,19,20). The number of carboxylic acid groups (broad SMARTS) is 1. The third kappa shape index (κ3) is 3.53. The van der Waals surface area contributed by atoms with E-state index in [2.05, 4.69) is 9.97 Å². The van der Waals surface area contributed by atoms with E-state index in [0.717, 1.165) is 23.9 Å². The molecule has 21 heavy (non-hydrogen) atoms. The van der Waals surface area contributed by atoms with Crippen LogP contribution in [-0.4, -0.2) is 21.0 Å². The van der Waals surface area contributed by atoms with Crippen LogP contribution < -0.4 is 4.74 Å². The molecule has 6 heteroatoms. The summed E-state index contributed by atoms with van der Waals surface area (Å²) in [5.74, 6) is -1.75. The smallest absolute Gasteiger partial charge is 0.339 e. The number of nitrogens with zero attached hydrogens (tertiary/aromatic N) is 2. The summed E-state index contributed by atoms with van der Waals surface area (Å²) in [6.07, 6.45) is 0. The molecule has 0 amide bonds. The molecule has 0 spiro atoms. The summed E-state index contributed by atoms with van der Waals surface area (Å²) in [5.41, 5.74) is 1.32. The summed E-state index contributed by atoms with van der Waals surface area (Å²) in [6, 6.07) is 5.04. The summed E-state index contributed by atoms with van der Waals surface area (Å²) in [7, 11) is 0. The van der Waals surface area contributed by atoms with Crippen LogP contribution in [0.3, 0.4) is 0 Å². The number of hydrogen-bond donors (Lipinski definition) is 1. The lowest BCUT2D eigenvalue weighted by atomic mass is 10.1. The normalized spacial score (nSPS) is 10.7. The first-order chi connectivity index (χ1) is 9.86. The third-order valence-electron chi connectivity index (χ3n) is 2.82. The quantitative estimate of drug-likeness (QED) is 0.932. The predicted molar refractivity (Wildman–Crippen MR) is 74.3 cm³/mol. The SMILES string of the molecule is Cc1cc(C(C)C)nc(Oc2cc(F)ccc2C(=O)O)n1. The number of benzene rings is 1. The first-order valence-electron chi connectivity index (χ1n) is 6.43. The topological polar surface area (TPSA) is 72.3 Å². The van der Waals surface area contributed by atoms with Crippen LogP contribution in [0.25, 0.3) is 0 Å². The molecule has 1 aromatic carbocycles. The van der Waals surface area contributed by atoms with Crippen molar-refractivity contribution in [3.63, 3.8) is 0 Å². The van der Waals surface area contributed by atoms with Gasteiger partial charge in [0, 0.05) is 11.8 Å². The largest absolute Gasteiger partial charge is 0.478 e. The molecule has 1 aromatic heterocycles. The maximum absolute atomic E-state index is 13.3. The van der Waals surface area contributed by atoms with E-state index < -0.39 is 11.8 Å². The van der Waals surface area contributed by atoms with Gasteiger partial charge >= 0.3 is 12.0 Å². The maximum Gasteiger partial charge on any atom is 0.339 e. The van der Waals surface area contributed by atoms with Crippen molar-refractivity contribution in [3.8, 4) is 11.8 Å². The number of rotatable bonds is 4. The Morgan fingerprint density at radius 1 is 1.29 bits per heavy atom. The Balaban J connectivity index is 2.42. The second-order valence-corrected chi connectivity index (χ2v) is 4.92. The summed E-state index contributed by atoms with van der Waals surface area (Å²) >= 11 is 0. The molecule has 0 unspecified atom stereocenters. The van der Waals surface area contributed by atoms with Crippen LogP contribution in [-0.2, 0) is 0 Å². The van der Waals surface area contributed by atoms with Crippen LogP contribution in [0.15, 0.2) is 24.3 Å². The number of ether oxygens (including phenoxy) is 1. The van der Waals surface area contributed by atoms with Gasteiger partial charge in [-0.25, -0.2) is 14.2 Å². The lowest BCUT2D eigenvalue weighted by Crippen LogP contribution is -2.04. The van der Waals surface area contributed by atoms with Crippen molar-refractivity contribution >= 4 is 5.97 Å². The molecule has 0 aliphatic heterocycles. The highest BCUT2D eigenvalue weighted by Crippen LogP contribution is 2.25. The van der Waals surface area contributed by atoms with Crippen molar-refractivity contribution in [2.75, 3.05) is 0 Å². The molecule has 0 aliphatic carbocycles. The minimum Gasteiger partial charge on any atom is -0.478 e. The molecule has 0 saturated carbocycles. The molecule has 0 fully saturated rings. The van der Waals surface area contributed by atoms with Crippen molar-refractivity contribution in [2.45, 2.75) is 26.7 Å². The molecule has 0 bridgehead atoms. The molecule has 0 aliphatic rings. The fraction of sp³-hybridized carbons (Fsp3) is 0.267. The summed E-state index contributed by atoms with van der Waals surface area (Å²) in [4.78, 5) is 19.4. The first-order valence-corrected chi connectivity index (χ1v) is 6.43. The molecule has 2 rings (SSSR count). The number of hydrogen-bond acceptors (Lipinski definition) is 4. The molecular formula is C15H15FN2O3. The minimum absolute atomic E-state index is 0.00630. The fourth-order valence-electron chi connectivity index (χ4n) is 1.76. The molecule has 5 nitrogen and oxygen atoms in total. The van der Waals surface area contributed by atoms with Gasteiger partial charge in [0.1, 0.15) is 17.1 Å². The molecule has 1 heterocycles. The predicted octanol–water partition coefficient (Wildman–Crippen LogP) is 3.54. The van der Waals surface area contributed by atoms with Gasteiger partial charge < -0.3 is 9.84 Å². The Morgan fingerprint density at radius 3 is 2.62 bits per heavy atom. The van der Waals surface area contributed by atoms with Crippen molar-refractivity contribution in [3.05, 3.63) is 47.0 Å². The number of halogens is 1. The van der Waals surface area contributed by atoms with Gasteiger partial charge in [0.15, 0.2) is 0 Å². The molecule has 1 N–H and O–H groups in total. The number of carboxylic acids is 1. The summed E-state index contributed by atoms with van der Waals surface area (Å²) < 4.78 is 18.7. The molecule has 2 aromatic rings. The number of carbonyl (C=O) groups is 1. The fourth-order valence-corrected chi connectivity index (χ4v) is 1.76. The van der Waals surface area contributed by atoms with E-state index in [0.29, 0.717) is 5.69 Å². The lowest BCUT2D eigenvalue weighted by Gasteiger charge is -2.10. The van der Waals surface area contributed by atoms with E-state index in [4.69, 9.17) is 9.84 Å². The average Bonchev–Trinajstić information content (AvgIpc) is 2.37. The van der Waals surface area contributed by atoms with E-state index in [9.17, 15) is 9.18 Å². The van der Waals surface area contributed by atoms with Crippen molar-refractivity contribution < 1.29 is 19.0 Å².